The number of halogens is 1. The molecular formula is C22H35FO. The minimum absolute atomic E-state index is 0.0204. The standard InChI is InChI=1S/C22H35FO/c1-7-9-18(10-8-2)20(17(6)22(24)15(3)4)14-19-13-16(5)11-12-21(19)23/h11-13,15,17-18,20H,7-10,14H2,1-6H3. The highest BCUT2D eigenvalue weighted by atomic mass is 19.1. The van der Waals surface area contributed by atoms with Gasteiger partial charge in [0.25, 0.3) is 0 Å². The van der Waals surface area contributed by atoms with Crippen LogP contribution in [0.5, 0.6) is 0 Å². The SMILES string of the molecule is CCCC(CCC)C(Cc1cc(C)ccc1F)C(C)C(=O)C(C)C. The van der Waals surface area contributed by atoms with Crippen molar-refractivity contribution in [3.63, 3.8) is 0 Å². The third-order valence-electron chi connectivity index (χ3n) is 5.24. The van der Waals surface area contributed by atoms with Gasteiger partial charge in [0.05, 0.1) is 0 Å². The fourth-order valence-electron chi connectivity index (χ4n) is 3.92. The maximum absolute atomic E-state index is 14.3. The van der Waals surface area contributed by atoms with Crippen LogP contribution in [0.1, 0.15) is 71.4 Å². The van der Waals surface area contributed by atoms with Gasteiger partial charge in [-0.05, 0) is 36.8 Å². The molecule has 1 aromatic rings. The van der Waals surface area contributed by atoms with E-state index >= 15 is 0 Å². The summed E-state index contributed by atoms with van der Waals surface area (Å²) < 4.78 is 14.3. The molecule has 0 spiro atoms. The smallest absolute Gasteiger partial charge is 0.138 e. The summed E-state index contributed by atoms with van der Waals surface area (Å²) in [5.41, 5.74) is 1.84. The third-order valence-corrected chi connectivity index (χ3v) is 5.24. The molecule has 0 N–H and O–H groups in total. The quantitative estimate of drug-likeness (QED) is 0.486. The summed E-state index contributed by atoms with van der Waals surface area (Å²) in [6.07, 6.45) is 5.11. The Kier molecular flexibility index (Phi) is 8.66. The van der Waals surface area contributed by atoms with Gasteiger partial charge in [-0.1, -0.05) is 78.0 Å². The van der Waals surface area contributed by atoms with Crippen LogP contribution in [0.4, 0.5) is 4.39 Å². The Morgan fingerprint density at radius 1 is 1.08 bits per heavy atom. The molecular weight excluding hydrogens is 299 g/mol. The second-order valence-electron chi connectivity index (χ2n) is 7.65. The van der Waals surface area contributed by atoms with Gasteiger partial charge in [-0.25, -0.2) is 4.39 Å². The molecule has 1 rings (SSSR count). The van der Waals surface area contributed by atoms with Gasteiger partial charge < -0.3 is 0 Å². The molecule has 0 saturated heterocycles. The second kappa shape index (κ2) is 9.96. The lowest BCUT2D eigenvalue weighted by Gasteiger charge is -2.32. The Labute approximate surface area is 148 Å². The van der Waals surface area contributed by atoms with Crippen LogP contribution in [-0.2, 0) is 11.2 Å². The van der Waals surface area contributed by atoms with Crippen LogP contribution in [0.3, 0.4) is 0 Å². The summed E-state index contributed by atoms with van der Waals surface area (Å²) >= 11 is 0. The maximum atomic E-state index is 14.3. The van der Waals surface area contributed by atoms with Crippen LogP contribution in [0.15, 0.2) is 18.2 Å². The molecule has 0 aromatic heterocycles. The molecule has 2 unspecified atom stereocenters. The predicted molar refractivity (Wildman–Crippen MR) is 101 cm³/mol. The average Bonchev–Trinajstić information content (AvgIpc) is 2.54. The number of benzene rings is 1. The predicted octanol–water partition coefficient (Wildman–Crippen LogP) is 6.37. The molecule has 2 heteroatoms. The molecule has 136 valence electrons. The Hall–Kier alpha value is -1.18. The van der Waals surface area contributed by atoms with Crippen LogP contribution in [0.2, 0.25) is 0 Å². The summed E-state index contributed by atoms with van der Waals surface area (Å²) in [5, 5.41) is 0. The lowest BCUT2D eigenvalue weighted by Crippen LogP contribution is -2.32. The summed E-state index contributed by atoms with van der Waals surface area (Å²) in [4.78, 5) is 12.6. The largest absolute Gasteiger partial charge is 0.299 e. The van der Waals surface area contributed by atoms with Gasteiger partial charge in [0.15, 0.2) is 0 Å². The number of carbonyl (C=O) groups excluding carboxylic acids is 1. The lowest BCUT2D eigenvalue weighted by molar-refractivity contribution is -0.127. The Balaban J connectivity index is 3.15. The number of ketones is 1. The number of rotatable bonds is 10. The van der Waals surface area contributed by atoms with Crippen molar-refractivity contribution in [2.24, 2.45) is 23.7 Å². The van der Waals surface area contributed by atoms with Gasteiger partial charge in [0, 0.05) is 11.8 Å². The molecule has 0 amide bonds. The highest BCUT2D eigenvalue weighted by Crippen LogP contribution is 2.34. The number of hydrogen-bond acceptors (Lipinski definition) is 1. The van der Waals surface area contributed by atoms with Gasteiger partial charge in [-0.15, -0.1) is 0 Å². The molecule has 0 bridgehead atoms. The van der Waals surface area contributed by atoms with Crippen molar-refractivity contribution in [3.8, 4) is 0 Å². The number of hydrogen-bond donors (Lipinski definition) is 0. The van der Waals surface area contributed by atoms with Crippen LogP contribution in [0, 0.1) is 36.4 Å². The fraction of sp³-hybridized carbons (Fsp3) is 0.682. The van der Waals surface area contributed by atoms with Crippen molar-refractivity contribution >= 4 is 5.78 Å². The zero-order chi connectivity index (χ0) is 18.3. The Morgan fingerprint density at radius 3 is 2.17 bits per heavy atom. The van der Waals surface area contributed by atoms with Crippen molar-refractivity contribution < 1.29 is 9.18 Å². The van der Waals surface area contributed by atoms with Crippen molar-refractivity contribution in [1.29, 1.82) is 0 Å². The third kappa shape index (κ3) is 5.72. The number of Topliss-reactive ketones (excluding diaryl/α,β-unsaturated/α-hetero) is 1. The van der Waals surface area contributed by atoms with Crippen LogP contribution in [0.25, 0.3) is 0 Å². The van der Waals surface area contributed by atoms with E-state index in [0.717, 1.165) is 36.8 Å². The van der Waals surface area contributed by atoms with E-state index in [9.17, 15) is 9.18 Å². The van der Waals surface area contributed by atoms with E-state index < -0.39 is 0 Å². The van der Waals surface area contributed by atoms with Gasteiger partial charge in [0.1, 0.15) is 11.6 Å². The first-order valence-electron chi connectivity index (χ1n) is 9.60. The van der Waals surface area contributed by atoms with E-state index in [0.29, 0.717) is 18.1 Å². The average molecular weight is 335 g/mol. The van der Waals surface area contributed by atoms with Crippen molar-refractivity contribution in [2.45, 2.75) is 73.6 Å². The highest BCUT2D eigenvalue weighted by Gasteiger charge is 2.32. The molecule has 0 saturated carbocycles. The first-order valence-corrected chi connectivity index (χ1v) is 9.60. The summed E-state index contributed by atoms with van der Waals surface area (Å²) in [7, 11) is 0. The number of aryl methyl sites for hydroxylation is 1. The second-order valence-corrected chi connectivity index (χ2v) is 7.65. The maximum Gasteiger partial charge on any atom is 0.138 e. The van der Waals surface area contributed by atoms with Crippen molar-refractivity contribution in [3.05, 3.63) is 35.1 Å². The first-order chi connectivity index (χ1) is 11.3. The Bertz CT molecular complexity index is 515. The lowest BCUT2D eigenvalue weighted by atomic mass is 9.72. The first kappa shape index (κ1) is 20.9. The van der Waals surface area contributed by atoms with Crippen LogP contribution >= 0.6 is 0 Å². The van der Waals surface area contributed by atoms with E-state index in [1.807, 2.05) is 32.9 Å². The zero-order valence-electron chi connectivity index (χ0n) is 16.4. The number of carbonyl (C=O) groups is 1. The molecule has 0 aliphatic heterocycles. The molecule has 0 fully saturated rings. The molecule has 2 atom stereocenters. The van der Waals surface area contributed by atoms with Crippen LogP contribution < -0.4 is 0 Å². The van der Waals surface area contributed by atoms with Gasteiger partial charge >= 0.3 is 0 Å². The molecule has 1 nitrogen and oxygen atoms in total. The van der Waals surface area contributed by atoms with E-state index in [1.54, 1.807) is 6.07 Å². The van der Waals surface area contributed by atoms with Crippen LogP contribution in [-0.4, -0.2) is 5.78 Å². The minimum atomic E-state index is -0.137. The zero-order valence-corrected chi connectivity index (χ0v) is 16.4. The highest BCUT2D eigenvalue weighted by molar-refractivity contribution is 5.82. The van der Waals surface area contributed by atoms with Gasteiger partial charge in [-0.2, -0.15) is 0 Å². The molecule has 0 radical (unpaired) electrons. The monoisotopic (exact) mass is 334 g/mol. The van der Waals surface area contributed by atoms with Crippen molar-refractivity contribution in [2.75, 3.05) is 0 Å². The van der Waals surface area contributed by atoms with Crippen molar-refractivity contribution in [1.82, 2.24) is 0 Å². The van der Waals surface area contributed by atoms with E-state index in [2.05, 4.69) is 20.8 Å². The molecule has 0 aliphatic rings. The topological polar surface area (TPSA) is 17.1 Å². The summed E-state index contributed by atoms with van der Waals surface area (Å²) in [5.74, 6) is 0.891. The molecule has 24 heavy (non-hydrogen) atoms. The molecule has 0 heterocycles. The molecule has 1 aromatic carbocycles. The summed E-state index contributed by atoms with van der Waals surface area (Å²) in [6, 6.07) is 5.32. The summed E-state index contributed by atoms with van der Waals surface area (Å²) in [6.45, 7) is 12.4. The van der Waals surface area contributed by atoms with E-state index in [-0.39, 0.29) is 23.6 Å². The molecule has 0 aliphatic carbocycles. The fourth-order valence-corrected chi connectivity index (χ4v) is 3.92. The minimum Gasteiger partial charge on any atom is -0.299 e. The van der Waals surface area contributed by atoms with E-state index in [4.69, 9.17) is 0 Å². The van der Waals surface area contributed by atoms with Gasteiger partial charge in [0.2, 0.25) is 0 Å². The normalized spacial score (nSPS) is 14.2. The Morgan fingerprint density at radius 2 is 1.67 bits per heavy atom. The van der Waals surface area contributed by atoms with E-state index in [1.165, 1.54) is 0 Å². The van der Waals surface area contributed by atoms with Gasteiger partial charge in [-0.3, -0.25) is 4.79 Å².